The molecule has 1 amide bonds. The van der Waals surface area contributed by atoms with Gasteiger partial charge in [-0.1, -0.05) is 37.5 Å². The molecule has 0 spiro atoms. The highest BCUT2D eigenvalue weighted by Gasteiger charge is 2.25. The smallest absolute Gasteiger partial charge is 0.265 e. The van der Waals surface area contributed by atoms with Crippen molar-refractivity contribution in [1.82, 2.24) is 5.32 Å². The van der Waals surface area contributed by atoms with E-state index in [-0.39, 0.29) is 22.6 Å². The molecule has 0 aliphatic heterocycles. The summed E-state index contributed by atoms with van der Waals surface area (Å²) < 4.78 is 33.7. The molecule has 2 aromatic rings. The minimum Gasteiger partial charge on any atom is -0.495 e. The second-order valence-corrected chi connectivity index (χ2v) is 9.33. The van der Waals surface area contributed by atoms with Crippen molar-refractivity contribution in [2.24, 2.45) is 5.92 Å². The van der Waals surface area contributed by atoms with Crippen LogP contribution in [0.2, 0.25) is 0 Å². The fourth-order valence-corrected chi connectivity index (χ4v) is 4.90. The van der Waals surface area contributed by atoms with Crippen molar-refractivity contribution in [3.05, 3.63) is 53.6 Å². The predicted octanol–water partition coefficient (Wildman–Crippen LogP) is 4.11. The Labute approximate surface area is 172 Å². The minimum atomic E-state index is -3.92. The maximum atomic E-state index is 13.0. The highest BCUT2D eigenvalue weighted by molar-refractivity contribution is 7.92. The van der Waals surface area contributed by atoms with Crippen LogP contribution in [0.3, 0.4) is 0 Å². The molecular weight excluding hydrogens is 388 g/mol. The summed E-state index contributed by atoms with van der Waals surface area (Å²) >= 11 is 0. The lowest BCUT2D eigenvalue weighted by atomic mass is 9.86. The van der Waals surface area contributed by atoms with Crippen LogP contribution < -0.4 is 14.8 Å². The monoisotopic (exact) mass is 416 g/mol. The summed E-state index contributed by atoms with van der Waals surface area (Å²) in [5.74, 6) is 0.336. The fourth-order valence-electron chi connectivity index (χ4n) is 3.64. The largest absolute Gasteiger partial charge is 0.495 e. The number of hydrogen-bond donors (Lipinski definition) is 2. The lowest BCUT2D eigenvalue weighted by molar-refractivity contribution is 0.0910. The molecule has 1 aliphatic carbocycles. The van der Waals surface area contributed by atoms with Gasteiger partial charge in [-0.2, -0.15) is 0 Å². The summed E-state index contributed by atoms with van der Waals surface area (Å²) in [4.78, 5) is 12.7. The first-order chi connectivity index (χ1) is 13.8. The molecule has 7 heteroatoms. The van der Waals surface area contributed by atoms with Gasteiger partial charge in [-0.3, -0.25) is 9.52 Å². The second-order valence-electron chi connectivity index (χ2n) is 7.68. The summed E-state index contributed by atoms with van der Waals surface area (Å²) in [5.41, 5.74) is 1.78. The van der Waals surface area contributed by atoms with E-state index in [4.69, 9.17) is 4.74 Å². The van der Waals surface area contributed by atoms with Crippen molar-refractivity contribution in [2.45, 2.75) is 50.5 Å². The van der Waals surface area contributed by atoms with Crippen LogP contribution in [0.4, 0.5) is 5.69 Å². The van der Waals surface area contributed by atoms with Crippen molar-refractivity contribution in [3.63, 3.8) is 0 Å². The third-order valence-electron chi connectivity index (χ3n) is 5.45. The molecule has 2 N–H and O–H groups in total. The Hall–Kier alpha value is -2.54. The van der Waals surface area contributed by atoms with Gasteiger partial charge in [-0.25, -0.2) is 8.42 Å². The van der Waals surface area contributed by atoms with Crippen LogP contribution in [-0.4, -0.2) is 27.5 Å². The quantitative estimate of drug-likeness (QED) is 0.742. The molecule has 0 heterocycles. The van der Waals surface area contributed by atoms with Gasteiger partial charge in [-0.05, 0) is 56.0 Å². The number of hydrogen-bond acceptors (Lipinski definition) is 4. The highest BCUT2D eigenvalue weighted by atomic mass is 32.2. The molecule has 29 heavy (non-hydrogen) atoms. The first-order valence-electron chi connectivity index (χ1n) is 9.88. The molecule has 1 aliphatic rings. The Kier molecular flexibility index (Phi) is 6.47. The summed E-state index contributed by atoms with van der Waals surface area (Å²) in [7, 11) is -2.52. The molecule has 1 saturated carbocycles. The van der Waals surface area contributed by atoms with E-state index in [0.29, 0.717) is 17.2 Å². The SMILES string of the molecule is COc1ccc(C(=O)NC2CCCCC2C)cc1S(=O)(=O)Nc1ccc(C)cc1. The van der Waals surface area contributed by atoms with Gasteiger partial charge in [0.25, 0.3) is 15.9 Å². The van der Waals surface area contributed by atoms with Crippen LogP contribution in [-0.2, 0) is 10.0 Å². The van der Waals surface area contributed by atoms with Crippen molar-refractivity contribution in [2.75, 3.05) is 11.8 Å². The van der Waals surface area contributed by atoms with Gasteiger partial charge in [0.05, 0.1) is 7.11 Å². The molecule has 0 aromatic heterocycles. The van der Waals surface area contributed by atoms with Gasteiger partial charge >= 0.3 is 0 Å². The van der Waals surface area contributed by atoms with Gasteiger partial charge in [0.15, 0.2) is 0 Å². The number of anilines is 1. The number of methoxy groups -OCH3 is 1. The number of sulfonamides is 1. The van der Waals surface area contributed by atoms with Crippen LogP contribution in [0.15, 0.2) is 47.4 Å². The number of nitrogens with one attached hydrogen (secondary N) is 2. The number of aryl methyl sites for hydroxylation is 1. The van der Waals surface area contributed by atoms with Crippen molar-refractivity contribution in [3.8, 4) is 5.75 Å². The maximum Gasteiger partial charge on any atom is 0.265 e. The van der Waals surface area contributed by atoms with E-state index in [2.05, 4.69) is 17.0 Å². The van der Waals surface area contributed by atoms with Crippen LogP contribution in [0.5, 0.6) is 5.75 Å². The molecule has 0 bridgehead atoms. The number of benzene rings is 2. The summed E-state index contributed by atoms with van der Waals surface area (Å²) in [6.07, 6.45) is 4.32. The summed E-state index contributed by atoms with van der Waals surface area (Å²) in [6.45, 7) is 4.07. The van der Waals surface area contributed by atoms with Gasteiger partial charge in [0.1, 0.15) is 10.6 Å². The molecule has 156 valence electrons. The summed E-state index contributed by atoms with van der Waals surface area (Å²) in [5, 5.41) is 3.06. The van der Waals surface area contributed by atoms with Crippen LogP contribution in [0.1, 0.15) is 48.5 Å². The summed E-state index contributed by atoms with van der Waals surface area (Å²) in [6, 6.07) is 11.6. The Morgan fingerprint density at radius 2 is 1.76 bits per heavy atom. The molecule has 6 nitrogen and oxygen atoms in total. The molecule has 2 aromatic carbocycles. The number of ether oxygens (including phenoxy) is 1. The van der Waals surface area contributed by atoms with Crippen LogP contribution >= 0.6 is 0 Å². The van der Waals surface area contributed by atoms with E-state index >= 15 is 0 Å². The lowest BCUT2D eigenvalue weighted by Crippen LogP contribution is -2.41. The number of carbonyl (C=O) groups is 1. The topological polar surface area (TPSA) is 84.5 Å². The zero-order valence-corrected chi connectivity index (χ0v) is 17.9. The third-order valence-corrected chi connectivity index (χ3v) is 6.85. The zero-order valence-electron chi connectivity index (χ0n) is 17.1. The normalized spacial score (nSPS) is 19.4. The van der Waals surface area contributed by atoms with E-state index < -0.39 is 10.0 Å². The standard InChI is InChI=1S/C22H28N2O4S/c1-15-8-11-18(12-9-15)24-29(26,27)21-14-17(10-13-20(21)28-3)22(25)23-19-7-5-4-6-16(19)2/h8-14,16,19,24H,4-7H2,1-3H3,(H,23,25). The molecule has 2 atom stereocenters. The van der Waals surface area contributed by atoms with Crippen molar-refractivity contribution >= 4 is 21.6 Å². The van der Waals surface area contributed by atoms with E-state index in [1.807, 2.05) is 19.1 Å². The molecule has 2 unspecified atom stereocenters. The Balaban J connectivity index is 1.86. The third kappa shape index (κ3) is 5.09. The van der Waals surface area contributed by atoms with E-state index in [0.717, 1.165) is 24.8 Å². The number of carbonyl (C=O) groups excluding carboxylic acids is 1. The van der Waals surface area contributed by atoms with Crippen LogP contribution in [0.25, 0.3) is 0 Å². The predicted molar refractivity (Wildman–Crippen MR) is 114 cm³/mol. The molecular formula is C22H28N2O4S. The highest BCUT2D eigenvalue weighted by Crippen LogP contribution is 2.28. The first-order valence-corrected chi connectivity index (χ1v) is 11.4. The Morgan fingerprint density at radius 3 is 2.41 bits per heavy atom. The molecule has 0 saturated heterocycles. The van der Waals surface area contributed by atoms with E-state index in [9.17, 15) is 13.2 Å². The lowest BCUT2D eigenvalue weighted by Gasteiger charge is -2.29. The zero-order chi connectivity index (χ0) is 21.0. The Bertz CT molecular complexity index is 971. The van der Waals surface area contributed by atoms with E-state index in [1.165, 1.54) is 25.7 Å². The number of amides is 1. The average Bonchev–Trinajstić information content (AvgIpc) is 2.70. The van der Waals surface area contributed by atoms with Gasteiger partial charge < -0.3 is 10.1 Å². The molecule has 3 rings (SSSR count). The Morgan fingerprint density at radius 1 is 1.07 bits per heavy atom. The van der Waals surface area contributed by atoms with Gasteiger partial charge in [-0.15, -0.1) is 0 Å². The molecule has 1 fully saturated rings. The van der Waals surface area contributed by atoms with E-state index in [1.54, 1.807) is 18.2 Å². The number of rotatable bonds is 6. The first kappa shape index (κ1) is 21.2. The van der Waals surface area contributed by atoms with Gasteiger partial charge in [0, 0.05) is 17.3 Å². The second kappa shape index (κ2) is 8.86. The average molecular weight is 417 g/mol. The van der Waals surface area contributed by atoms with Crippen molar-refractivity contribution in [1.29, 1.82) is 0 Å². The molecule has 0 radical (unpaired) electrons. The maximum absolute atomic E-state index is 13.0. The minimum absolute atomic E-state index is 0.0649. The van der Waals surface area contributed by atoms with Crippen LogP contribution in [0, 0.1) is 12.8 Å². The van der Waals surface area contributed by atoms with Gasteiger partial charge in [0.2, 0.25) is 0 Å². The van der Waals surface area contributed by atoms with Crippen molar-refractivity contribution < 1.29 is 17.9 Å². The fraction of sp³-hybridized carbons (Fsp3) is 0.409.